The molecule has 0 N–H and O–H groups in total. The van der Waals surface area contributed by atoms with Crippen LogP contribution in [0.25, 0.3) is 11.1 Å². The number of nitrogens with zero attached hydrogens (tertiary/aromatic N) is 2. The maximum absolute atomic E-state index is 13.4. The van der Waals surface area contributed by atoms with Gasteiger partial charge in [0.05, 0.1) is 0 Å². The third-order valence-corrected chi connectivity index (χ3v) is 4.14. The minimum absolute atomic E-state index is 0.156. The molecule has 0 bridgehead atoms. The summed E-state index contributed by atoms with van der Waals surface area (Å²) in [5, 5.41) is 0. The van der Waals surface area contributed by atoms with E-state index in [-0.39, 0.29) is 5.82 Å². The quantitative estimate of drug-likeness (QED) is 0.840. The minimum atomic E-state index is -0.156. The second-order valence-corrected chi connectivity index (χ2v) is 5.88. The zero-order valence-electron chi connectivity index (χ0n) is 12.5. The molecule has 0 saturated carbocycles. The van der Waals surface area contributed by atoms with Crippen molar-refractivity contribution < 1.29 is 4.39 Å². The molecule has 0 aliphatic carbocycles. The zero-order valence-corrected chi connectivity index (χ0v) is 12.5. The summed E-state index contributed by atoms with van der Waals surface area (Å²) in [5.74, 6) is -0.156. The lowest BCUT2D eigenvalue weighted by atomic mass is 10.0. The zero-order chi connectivity index (χ0) is 14.7. The average Bonchev–Trinajstić information content (AvgIpc) is 2.51. The third kappa shape index (κ3) is 3.48. The van der Waals surface area contributed by atoms with Gasteiger partial charge in [-0.1, -0.05) is 12.5 Å². The lowest BCUT2D eigenvalue weighted by molar-refractivity contribution is 0.220. The van der Waals surface area contributed by atoms with Crippen molar-refractivity contribution in [2.45, 2.75) is 32.7 Å². The Morgan fingerprint density at radius 1 is 1.05 bits per heavy atom. The van der Waals surface area contributed by atoms with Crippen molar-refractivity contribution in [3.63, 3.8) is 0 Å². The standard InChI is InChI=1S/C18H21FN2/c1-14-9-16(5-6-18(14)19)17-10-15(11-20-12-17)13-21-7-3-2-4-8-21/h5-6,9-12H,2-4,7-8,13H2,1H3. The van der Waals surface area contributed by atoms with Crippen LogP contribution in [0.5, 0.6) is 0 Å². The van der Waals surface area contributed by atoms with Crippen LogP contribution in [0.1, 0.15) is 30.4 Å². The summed E-state index contributed by atoms with van der Waals surface area (Å²) in [6.45, 7) is 5.12. The Kier molecular flexibility index (Phi) is 4.30. The molecule has 1 aliphatic rings. The first-order valence-electron chi connectivity index (χ1n) is 7.65. The fourth-order valence-corrected chi connectivity index (χ4v) is 2.93. The van der Waals surface area contributed by atoms with Crippen molar-refractivity contribution in [2.75, 3.05) is 13.1 Å². The van der Waals surface area contributed by atoms with Crippen LogP contribution >= 0.6 is 0 Å². The fraction of sp³-hybridized carbons (Fsp3) is 0.389. The van der Waals surface area contributed by atoms with Crippen molar-refractivity contribution in [3.8, 4) is 11.1 Å². The smallest absolute Gasteiger partial charge is 0.126 e. The van der Waals surface area contributed by atoms with Gasteiger partial charge in [0.2, 0.25) is 0 Å². The fourth-order valence-electron chi connectivity index (χ4n) is 2.93. The van der Waals surface area contributed by atoms with E-state index in [1.807, 2.05) is 24.5 Å². The molecule has 1 aromatic carbocycles. The molecule has 0 radical (unpaired) electrons. The van der Waals surface area contributed by atoms with Gasteiger partial charge >= 0.3 is 0 Å². The van der Waals surface area contributed by atoms with E-state index in [9.17, 15) is 4.39 Å². The van der Waals surface area contributed by atoms with E-state index < -0.39 is 0 Å². The maximum atomic E-state index is 13.4. The van der Waals surface area contributed by atoms with Crippen molar-refractivity contribution >= 4 is 0 Å². The van der Waals surface area contributed by atoms with Gasteiger partial charge in [0, 0.05) is 24.5 Å². The molecule has 2 heterocycles. The van der Waals surface area contributed by atoms with E-state index in [2.05, 4.69) is 16.0 Å². The lowest BCUT2D eigenvalue weighted by Gasteiger charge is -2.26. The molecule has 0 atom stereocenters. The molecule has 110 valence electrons. The molecule has 3 heteroatoms. The van der Waals surface area contributed by atoms with Crippen LogP contribution in [-0.2, 0) is 6.54 Å². The van der Waals surface area contributed by atoms with E-state index in [0.29, 0.717) is 5.56 Å². The van der Waals surface area contributed by atoms with E-state index in [0.717, 1.165) is 17.7 Å². The second kappa shape index (κ2) is 6.35. The summed E-state index contributed by atoms with van der Waals surface area (Å²) < 4.78 is 13.4. The van der Waals surface area contributed by atoms with Gasteiger partial charge in [-0.3, -0.25) is 9.88 Å². The highest BCUT2D eigenvalue weighted by Gasteiger charge is 2.11. The van der Waals surface area contributed by atoms with Gasteiger partial charge in [-0.05, 0) is 67.7 Å². The topological polar surface area (TPSA) is 16.1 Å². The summed E-state index contributed by atoms with van der Waals surface area (Å²) in [5.41, 5.74) is 4.00. The van der Waals surface area contributed by atoms with Crippen molar-refractivity contribution in [1.82, 2.24) is 9.88 Å². The average molecular weight is 284 g/mol. The number of hydrogen-bond acceptors (Lipinski definition) is 2. The molecule has 1 saturated heterocycles. The van der Waals surface area contributed by atoms with Gasteiger partial charge < -0.3 is 0 Å². The van der Waals surface area contributed by atoms with Crippen LogP contribution in [0.3, 0.4) is 0 Å². The van der Waals surface area contributed by atoms with Crippen LogP contribution in [-0.4, -0.2) is 23.0 Å². The maximum Gasteiger partial charge on any atom is 0.126 e. The van der Waals surface area contributed by atoms with Crippen LogP contribution < -0.4 is 0 Å². The molecule has 1 fully saturated rings. The number of likely N-dealkylation sites (tertiary alicyclic amines) is 1. The van der Waals surface area contributed by atoms with Crippen LogP contribution in [0.2, 0.25) is 0 Å². The number of rotatable bonds is 3. The molecule has 2 nitrogen and oxygen atoms in total. The summed E-state index contributed by atoms with van der Waals surface area (Å²) in [4.78, 5) is 6.84. The summed E-state index contributed by atoms with van der Waals surface area (Å²) in [7, 11) is 0. The Morgan fingerprint density at radius 2 is 1.86 bits per heavy atom. The van der Waals surface area contributed by atoms with Gasteiger partial charge in [-0.2, -0.15) is 0 Å². The molecular weight excluding hydrogens is 263 g/mol. The van der Waals surface area contributed by atoms with Gasteiger partial charge in [-0.25, -0.2) is 4.39 Å². The summed E-state index contributed by atoms with van der Waals surface area (Å²) in [6, 6.07) is 7.41. The molecule has 1 aliphatic heterocycles. The Morgan fingerprint density at radius 3 is 2.62 bits per heavy atom. The molecule has 0 amide bonds. The molecule has 1 aromatic heterocycles. The number of halogens is 1. The Hall–Kier alpha value is -1.74. The third-order valence-electron chi connectivity index (χ3n) is 4.14. The Bertz CT molecular complexity index is 618. The monoisotopic (exact) mass is 284 g/mol. The van der Waals surface area contributed by atoms with Gasteiger partial charge in [0.15, 0.2) is 0 Å². The molecule has 2 aromatic rings. The predicted molar refractivity (Wildman–Crippen MR) is 83.5 cm³/mol. The number of hydrogen-bond donors (Lipinski definition) is 0. The molecule has 21 heavy (non-hydrogen) atoms. The Labute approximate surface area is 125 Å². The predicted octanol–water partition coefficient (Wildman–Crippen LogP) is 4.18. The first-order chi connectivity index (χ1) is 10.2. The number of benzene rings is 1. The van der Waals surface area contributed by atoms with Crippen molar-refractivity contribution in [3.05, 3.63) is 53.6 Å². The number of piperidine rings is 1. The normalized spacial score (nSPS) is 16.1. The highest BCUT2D eigenvalue weighted by atomic mass is 19.1. The minimum Gasteiger partial charge on any atom is -0.299 e. The van der Waals surface area contributed by atoms with E-state index in [1.165, 1.54) is 44.0 Å². The van der Waals surface area contributed by atoms with Crippen LogP contribution in [0, 0.1) is 12.7 Å². The van der Waals surface area contributed by atoms with Gasteiger partial charge in [-0.15, -0.1) is 0 Å². The van der Waals surface area contributed by atoms with Crippen LogP contribution in [0.15, 0.2) is 36.7 Å². The Balaban J connectivity index is 1.80. The molecule has 3 rings (SSSR count). The van der Waals surface area contributed by atoms with Gasteiger partial charge in [0.25, 0.3) is 0 Å². The SMILES string of the molecule is Cc1cc(-c2cncc(CN3CCCCC3)c2)ccc1F. The highest BCUT2D eigenvalue weighted by molar-refractivity contribution is 5.63. The van der Waals surface area contributed by atoms with Crippen molar-refractivity contribution in [2.24, 2.45) is 0 Å². The first-order valence-corrected chi connectivity index (χ1v) is 7.65. The largest absolute Gasteiger partial charge is 0.299 e. The van der Waals surface area contributed by atoms with E-state index in [1.54, 1.807) is 6.92 Å². The van der Waals surface area contributed by atoms with Crippen molar-refractivity contribution in [1.29, 1.82) is 0 Å². The van der Waals surface area contributed by atoms with E-state index in [4.69, 9.17) is 0 Å². The molecule has 0 spiro atoms. The lowest BCUT2D eigenvalue weighted by Crippen LogP contribution is -2.29. The summed E-state index contributed by atoms with van der Waals surface area (Å²) in [6.07, 6.45) is 7.74. The number of aryl methyl sites for hydroxylation is 1. The number of aromatic nitrogens is 1. The van der Waals surface area contributed by atoms with Gasteiger partial charge in [0.1, 0.15) is 5.82 Å². The first kappa shape index (κ1) is 14.2. The van der Waals surface area contributed by atoms with E-state index >= 15 is 0 Å². The van der Waals surface area contributed by atoms with Crippen LogP contribution in [0.4, 0.5) is 4.39 Å². The molecule has 0 unspecified atom stereocenters. The molecular formula is C18H21FN2. The highest BCUT2D eigenvalue weighted by Crippen LogP contribution is 2.23. The second-order valence-electron chi connectivity index (χ2n) is 5.88. The summed E-state index contributed by atoms with van der Waals surface area (Å²) >= 11 is 0. The number of pyridine rings is 1.